The second-order valence-electron chi connectivity index (χ2n) is 4.20. The molecule has 0 fully saturated rings. The van der Waals surface area contributed by atoms with Gasteiger partial charge < -0.3 is 5.73 Å². The van der Waals surface area contributed by atoms with Crippen LogP contribution >= 0.6 is 11.8 Å². The maximum absolute atomic E-state index is 8.83. The van der Waals surface area contributed by atoms with Gasteiger partial charge in [0.15, 0.2) is 5.16 Å². The molecule has 0 amide bonds. The van der Waals surface area contributed by atoms with Crippen molar-refractivity contribution in [3.05, 3.63) is 18.0 Å². The number of nitrogens with two attached hydrogens (primary N) is 1. The van der Waals surface area contributed by atoms with E-state index in [1.807, 2.05) is 13.8 Å². The number of rotatable bonds is 4. The van der Waals surface area contributed by atoms with Gasteiger partial charge in [0, 0.05) is 17.6 Å². The van der Waals surface area contributed by atoms with Gasteiger partial charge in [-0.05, 0) is 25.8 Å². The third-order valence-corrected chi connectivity index (χ3v) is 3.02. The lowest BCUT2D eigenvalue weighted by molar-refractivity contribution is 0.545. The zero-order valence-corrected chi connectivity index (χ0v) is 10.6. The van der Waals surface area contributed by atoms with E-state index in [4.69, 9.17) is 11.0 Å². The number of aryl methyl sites for hydroxylation is 1. The third kappa shape index (κ3) is 4.17. The molecular formula is C11H16N4S. The van der Waals surface area contributed by atoms with Crippen molar-refractivity contribution in [3.63, 3.8) is 0 Å². The van der Waals surface area contributed by atoms with Gasteiger partial charge in [-0.25, -0.2) is 9.97 Å². The Morgan fingerprint density at radius 1 is 1.56 bits per heavy atom. The average molecular weight is 236 g/mol. The maximum Gasteiger partial charge on any atom is 0.187 e. The molecule has 2 unspecified atom stereocenters. The molecule has 1 aromatic heterocycles. The maximum atomic E-state index is 8.83. The van der Waals surface area contributed by atoms with Crippen LogP contribution in [-0.4, -0.2) is 20.8 Å². The van der Waals surface area contributed by atoms with Crippen molar-refractivity contribution in [2.24, 2.45) is 5.73 Å². The second kappa shape index (κ2) is 5.28. The summed E-state index contributed by atoms with van der Waals surface area (Å²) in [6, 6.07) is 2.09. The van der Waals surface area contributed by atoms with Crippen LogP contribution in [0.3, 0.4) is 0 Å². The van der Waals surface area contributed by atoms with E-state index in [1.54, 1.807) is 31.1 Å². The predicted octanol–water partition coefficient (Wildman–Crippen LogP) is 1.90. The smallest absolute Gasteiger partial charge is 0.187 e. The Morgan fingerprint density at radius 2 is 2.12 bits per heavy atom. The summed E-state index contributed by atoms with van der Waals surface area (Å²) in [6.45, 7) is 5.71. The first kappa shape index (κ1) is 12.9. The van der Waals surface area contributed by atoms with Crippen molar-refractivity contribution < 1.29 is 0 Å². The summed E-state index contributed by atoms with van der Waals surface area (Å²) < 4.78 is 0. The van der Waals surface area contributed by atoms with Gasteiger partial charge in [0.05, 0.1) is 6.07 Å². The normalized spacial score (nSPS) is 16.2. The van der Waals surface area contributed by atoms with E-state index in [-0.39, 0.29) is 5.25 Å². The minimum atomic E-state index is -0.781. The minimum absolute atomic E-state index is 0.220. The van der Waals surface area contributed by atoms with E-state index in [0.717, 1.165) is 10.7 Å². The molecule has 2 N–H and O–H groups in total. The Balaban J connectivity index is 2.55. The predicted molar refractivity (Wildman–Crippen MR) is 64.9 cm³/mol. The molecule has 0 bridgehead atoms. The SMILES string of the molecule is Cc1cnc(SC(C)CC(C)(N)C#N)nc1. The highest BCUT2D eigenvalue weighted by Gasteiger charge is 2.22. The largest absolute Gasteiger partial charge is 0.314 e. The minimum Gasteiger partial charge on any atom is -0.314 e. The lowest BCUT2D eigenvalue weighted by Crippen LogP contribution is -2.36. The number of thioether (sulfide) groups is 1. The fourth-order valence-electron chi connectivity index (χ4n) is 1.31. The van der Waals surface area contributed by atoms with Gasteiger partial charge in [0.2, 0.25) is 0 Å². The Labute approximate surface area is 100 Å². The lowest BCUT2D eigenvalue weighted by Gasteiger charge is -2.19. The first-order valence-corrected chi connectivity index (χ1v) is 5.96. The van der Waals surface area contributed by atoms with Gasteiger partial charge in [-0.1, -0.05) is 18.7 Å². The van der Waals surface area contributed by atoms with Crippen LogP contribution < -0.4 is 5.73 Å². The van der Waals surface area contributed by atoms with E-state index in [1.165, 1.54) is 0 Å². The summed E-state index contributed by atoms with van der Waals surface area (Å²) in [6.07, 6.45) is 4.19. The van der Waals surface area contributed by atoms with Gasteiger partial charge in [0.1, 0.15) is 5.54 Å². The summed E-state index contributed by atoms with van der Waals surface area (Å²) in [5.74, 6) is 0. The lowest BCUT2D eigenvalue weighted by atomic mass is 10.00. The van der Waals surface area contributed by atoms with Gasteiger partial charge in [-0.15, -0.1) is 0 Å². The van der Waals surface area contributed by atoms with Crippen molar-refractivity contribution in [2.45, 2.75) is 43.1 Å². The molecule has 1 heterocycles. The molecule has 2 atom stereocenters. The third-order valence-electron chi connectivity index (χ3n) is 2.03. The zero-order chi connectivity index (χ0) is 12.2. The van der Waals surface area contributed by atoms with Gasteiger partial charge in [-0.2, -0.15) is 5.26 Å². The van der Waals surface area contributed by atoms with Crippen LogP contribution in [0, 0.1) is 18.3 Å². The Kier molecular flexibility index (Phi) is 4.27. The van der Waals surface area contributed by atoms with Gasteiger partial charge in [0.25, 0.3) is 0 Å². The van der Waals surface area contributed by atoms with Gasteiger partial charge >= 0.3 is 0 Å². The summed E-state index contributed by atoms with van der Waals surface area (Å²) in [4.78, 5) is 8.40. The molecule has 0 aromatic carbocycles. The quantitative estimate of drug-likeness (QED) is 0.638. The molecular weight excluding hydrogens is 220 g/mol. The summed E-state index contributed by atoms with van der Waals surface area (Å²) in [5, 5.41) is 9.78. The highest BCUT2D eigenvalue weighted by molar-refractivity contribution is 7.99. The highest BCUT2D eigenvalue weighted by Crippen LogP contribution is 2.24. The zero-order valence-electron chi connectivity index (χ0n) is 9.77. The van der Waals surface area contributed by atoms with E-state index >= 15 is 0 Å². The number of nitriles is 1. The Hall–Kier alpha value is -1.12. The van der Waals surface area contributed by atoms with E-state index in [9.17, 15) is 0 Å². The van der Waals surface area contributed by atoms with E-state index < -0.39 is 5.54 Å². The fourth-order valence-corrected chi connectivity index (χ4v) is 2.32. The molecule has 0 aliphatic carbocycles. The molecule has 4 nitrogen and oxygen atoms in total. The molecule has 16 heavy (non-hydrogen) atoms. The van der Waals surface area contributed by atoms with Crippen molar-refractivity contribution >= 4 is 11.8 Å². The Bertz CT molecular complexity index is 380. The molecule has 0 aliphatic heterocycles. The summed E-state index contributed by atoms with van der Waals surface area (Å²) in [7, 11) is 0. The molecule has 0 aliphatic rings. The average Bonchev–Trinajstić information content (AvgIpc) is 2.21. The standard InChI is InChI=1S/C11H16N4S/c1-8-5-14-10(15-6-8)16-9(2)4-11(3,13)7-12/h5-6,9H,4,13H2,1-3H3. The highest BCUT2D eigenvalue weighted by atomic mass is 32.2. The summed E-state index contributed by atoms with van der Waals surface area (Å²) in [5.41, 5.74) is 6.04. The molecule has 5 heteroatoms. The topological polar surface area (TPSA) is 75.6 Å². The van der Waals surface area contributed by atoms with Crippen LogP contribution in [0.4, 0.5) is 0 Å². The van der Waals surface area contributed by atoms with Gasteiger partial charge in [-0.3, -0.25) is 0 Å². The molecule has 1 aromatic rings. The Morgan fingerprint density at radius 3 is 2.62 bits per heavy atom. The van der Waals surface area contributed by atoms with E-state index in [0.29, 0.717) is 6.42 Å². The van der Waals surface area contributed by atoms with Crippen molar-refractivity contribution in [2.75, 3.05) is 0 Å². The fraction of sp³-hybridized carbons (Fsp3) is 0.545. The second-order valence-corrected chi connectivity index (χ2v) is 5.61. The first-order valence-electron chi connectivity index (χ1n) is 5.08. The van der Waals surface area contributed by atoms with Crippen LogP contribution in [-0.2, 0) is 0 Å². The van der Waals surface area contributed by atoms with Crippen LogP contribution in [0.15, 0.2) is 17.6 Å². The molecule has 0 radical (unpaired) electrons. The first-order chi connectivity index (χ1) is 7.43. The molecule has 0 saturated heterocycles. The van der Waals surface area contributed by atoms with Crippen LogP contribution in [0.25, 0.3) is 0 Å². The van der Waals surface area contributed by atoms with Crippen molar-refractivity contribution in [1.29, 1.82) is 5.26 Å². The summed E-state index contributed by atoms with van der Waals surface area (Å²) >= 11 is 1.54. The van der Waals surface area contributed by atoms with Crippen molar-refractivity contribution in [1.82, 2.24) is 9.97 Å². The number of nitrogens with zero attached hydrogens (tertiary/aromatic N) is 3. The number of aromatic nitrogens is 2. The van der Waals surface area contributed by atoms with E-state index in [2.05, 4.69) is 16.0 Å². The van der Waals surface area contributed by atoms with Crippen LogP contribution in [0.2, 0.25) is 0 Å². The van der Waals surface area contributed by atoms with Crippen LogP contribution in [0.5, 0.6) is 0 Å². The molecule has 0 saturated carbocycles. The van der Waals surface area contributed by atoms with Crippen molar-refractivity contribution in [3.8, 4) is 6.07 Å². The van der Waals surface area contributed by atoms with Crippen LogP contribution in [0.1, 0.15) is 25.8 Å². The molecule has 1 rings (SSSR count). The number of hydrogen-bond acceptors (Lipinski definition) is 5. The molecule has 86 valence electrons. The number of hydrogen-bond donors (Lipinski definition) is 1. The monoisotopic (exact) mass is 236 g/mol. The molecule has 0 spiro atoms.